The van der Waals surface area contributed by atoms with Crippen molar-refractivity contribution in [3.05, 3.63) is 35.5 Å². The van der Waals surface area contributed by atoms with Gasteiger partial charge in [0.05, 0.1) is 0 Å². The van der Waals surface area contributed by atoms with Gasteiger partial charge in [-0.1, -0.05) is 18.2 Å². The smallest absolute Gasteiger partial charge is 0.358 e. The lowest BCUT2D eigenvalue weighted by atomic mass is 9.99. The number of nitrogens with two attached hydrogens (primary N) is 1. The lowest BCUT2D eigenvalue weighted by Crippen LogP contribution is -2.16. The summed E-state index contributed by atoms with van der Waals surface area (Å²) in [4.78, 5) is 3.14. The van der Waals surface area contributed by atoms with E-state index in [-0.39, 0.29) is 18.8 Å². The molecule has 0 radical (unpaired) electrons. The molecule has 1 aromatic heterocycles. The van der Waals surface area contributed by atoms with Gasteiger partial charge in [-0.2, -0.15) is 13.2 Å². The van der Waals surface area contributed by atoms with Crippen LogP contribution >= 0.6 is 12.4 Å². The zero-order chi connectivity index (χ0) is 13.3. The van der Waals surface area contributed by atoms with Gasteiger partial charge in [-0.15, -0.1) is 12.4 Å². The van der Waals surface area contributed by atoms with Crippen LogP contribution in [0, 0.1) is 6.92 Å². The summed E-state index contributed by atoms with van der Waals surface area (Å²) in [6, 6.07) is 6.91. The fraction of sp³-hybridized carbons (Fsp3) is 0.385. The molecule has 3 N–H and O–H groups in total. The third-order valence-electron chi connectivity index (χ3n) is 3.05. The number of fused-ring (bicyclic) bond motifs is 1. The first kappa shape index (κ1) is 15.9. The van der Waals surface area contributed by atoms with Crippen molar-refractivity contribution >= 4 is 23.3 Å². The van der Waals surface area contributed by atoms with Gasteiger partial charge in [0, 0.05) is 29.1 Å². The Balaban J connectivity index is 0.00000180. The van der Waals surface area contributed by atoms with Crippen LogP contribution in [0.3, 0.4) is 0 Å². The monoisotopic (exact) mass is 292 g/mol. The topological polar surface area (TPSA) is 41.8 Å². The molecule has 0 bridgehead atoms. The molecule has 0 saturated carbocycles. The van der Waals surface area contributed by atoms with Gasteiger partial charge in [-0.25, -0.2) is 0 Å². The van der Waals surface area contributed by atoms with E-state index in [1.54, 1.807) is 0 Å². The van der Waals surface area contributed by atoms with Gasteiger partial charge in [0.25, 0.3) is 0 Å². The molecular formula is C13H16ClF3N2. The molecule has 2 aromatic rings. The Kier molecular flexibility index (Phi) is 4.87. The molecule has 0 unspecified atom stereocenters. The van der Waals surface area contributed by atoms with Gasteiger partial charge in [0.2, 0.25) is 0 Å². The maximum absolute atomic E-state index is 12.2. The highest BCUT2D eigenvalue weighted by Crippen LogP contribution is 2.31. The Morgan fingerprint density at radius 1 is 1.26 bits per heavy atom. The van der Waals surface area contributed by atoms with E-state index in [0.29, 0.717) is 0 Å². The van der Waals surface area contributed by atoms with Crippen LogP contribution in [0.15, 0.2) is 24.3 Å². The number of aromatic nitrogens is 1. The molecule has 0 aliphatic heterocycles. The SMILES string of the molecule is Cc1[nH]c2ccccc2c1[C@@H](N)CCC(F)(F)F.Cl. The molecular weight excluding hydrogens is 277 g/mol. The highest BCUT2D eigenvalue weighted by Gasteiger charge is 2.28. The summed E-state index contributed by atoms with van der Waals surface area (Å²) in [5, 5.41) is 0.907. The number of alkyl halides is 3. The van der Waals surface area contributed by atoms with E-state index in [1.807, 2.05) is 31.2 Å². The second kappa shape index (κ2) is 5.84. The molecule has 0 fully saturated rings. The van der Waals surface area contributed by atoms with Gasteiger partial charge < -0.3 is 10.7 Å². The lowest BCUT2D eigenvalue weighted by molar-refractivity contribution is -0.136. The number of hydrogen-bond donors (Lipinski definition) is 2. The standard InChI is InChI=1S/C13H15F3N2.ClH/c1-8-12(10(17)6-7-13(14,15)16)9-4-2-3-5-11(9)18-8;/h2-5,10,18H,6-7,17H2,1H3;1H/t10-;/m0./s1. The van der Waals surface area contributed by atoms with Crippen molar-refractivity contribution in [3.8, 4) is 0 Å². The molecule has 2 rings (SSSR count). The van der Waals surface area contributed by atoms with Crippen molar-refractivity contribution in [2.24, 2.45) is 5.73 Å². The van der Waals surface area contributed by atoms with Gasteiger partial charge in [-0.3, -0.25) is 0 Å². The summed E-state index contributed by atoms with van der Waals surface area (Å²) < 4.78 is 36.6. The summed E-state index contributed by atoms with van der Waals surface area (Å²) in [6.07, 6.45) is -5.10. The molecule has 19 heavy (non-hydrogen) atoms. The Morgan fingerprint density at radius 2 is 1.89 bits per heavy atom. The van der Waals surface area contributed by atoms with E-state index in [0.717, 1.165) is 22.2 Å². The number of halogens is 4. The number of H-pyrrole nitrogens is 1. The van der Waals surface area contributed by atoms with Gasteiger partial charge in [0.15, 0.2) is 0 Å². The van der Waals surface area contributed by atoms with Crippen LogP contribution < -0.4 is 5.73 Å². The molecule has 2 nitrogen and oxygen atoms in total. The number of aromatic amines is 1. The number of aryl methyl sites for hydroxylation is 1. The second-order valence-corrected chi connectivity index (χ2v) is 4.47. The third kappa shape index (κ3) is 3.64. The number of nitrogens with one attached hydrogen (secondary N) is 1. The predicted octanol–water partition coefficient (Wildman–Crippen LogP) is 4.24. The van der Waals surface area contributed by atoms with Crippen molar-refractivity contribution in [1.82, 2.24) is 4.98 Å². The van der Waals surface area contributed by atoms with Crippen LogP contribution in [0.2, 0.25) is 0 Å². The maximum Gasteiger partial charge on any atom is 0.389 e. The normalized spacial score (nSPS) is 13.3. The number of benzene rings is 1. The van der Waals surface area contributed by atoms with Crippen molar-refractivity contribution in [2.45, 2.75) is 32.0 Å². The van der Waals surface area contributed by atoms with Crippen molar-refractivity contribution in [2.75, 3.05) is 0 Å². The summed E-state index contributed by atoms with van der Waals surface area (Å²) in [7, 11) is 0. The van der Waals surface area contributed by atoms with Gasteiger partial charge in [-0.05, 0) is 25.0 Å². The van der Waals surface area contributed by atoms with Crippen LogP contribution in [-0.2, 0) is 0 Å². The minimum atomic E-state index is -4.16. The highest BCUT2D eigenvalue weighted by atomic mass is 35.5. The highest BCUT2D eigenvalue weighted by molar-refractivity contribution is 5.85. The first-order valence-electron chi connectivity index (χ1n) is 5.78. The van der Waals surface area contributed by atoms with E-state index in [9.17, 15) is 13.2 Å². The number of rotatable bonds is 3. The molecule has 106 valence electrons. The Hall–Kier alpha value is -1.20. The molecule has 1 aromatic carbocycles. The largest absolute Gasteiger partial charge is 0.389 e. The lowest BCUT2D eigenvalue weighted by Gasteiger charge is -2.14. The molecule has 0 saturated heterocycles. The van der Waals surface area contributed by atoms with Crippen LogP contribution in [0.1, 0.15) is 30.1 Å². The molecule has 6 heteroatoms. The number of hydrogen-bond acceptors (Lipinski definition) is 1. The summed E-state index contributed by atoms with van der Waals surface area (Å²) >= 11 is 0. The summed E-state index contributed by atoms with van der Waals surface area (Å²) in [6.45, 7) is 1.84. The van der Waals surface area contributed by atoms with Crippen LogP contribution in [0.5, 0.6) is 0 Å². The van der Waals surface area contributed by atoms with E-state index in [4.69, 9.17) is 5.73 Å². The van der Waals surface area contributed by atoms with Crippen LogP contribution in [0.25, 0.3) is 10.9 Å². The molecule has 0 aliphatic rings. The average Bonchev–Trinajstić information content (AvgIpc) is 2.61. The van der Waals surface area contributed by atoms with E-state index >= 15 is 0 Å². The molecule has 0 amide bonds. The Morgan fingerprint density at radius 3 is 2.53 bits per heavy atom. The molecule has 0 spiro atoms. The van der Waals surface area contributed by atoms with Crippen molar-refractivity contribution in [1.29, 1.82) is 0 Å². The first-order valence-corrected chi connectivity index (χ1v) is 5.78. The van der Waals surface area contributed by atoms with Crippen molar-refractivity contribution < 1.29 is 13.2 Å². The minimum absolute atomic E-state index is 0. The first-order chi connectivity index (χ1) is 8.38. The zero-order valence-electron chi connectivity index (χ0n) is 10.4. The fourth-order valence-electron chi connectivity index (χ4n) is 2.24. The second-order valence-electron chi connectivity index (χ2n) is 4.47. The van der Waals surface area contributed by atoms with E-state index in [1.165, 1.54) is 0 Å². The summed E-state index contributed by atoms with van der Waals surface area (Å²) in [5.41, 5.74) is 8.43. The Bertz CT molecular complexity index is 548. The Labute approximate surface area is 115 Å². The van der Waals surface area contributed by atoms with Gasteiger partial charge >= 0.3 is 6.18 Å². The number of para-hydroxylation sites is 1. The molecule has 1 heterocycles. The third-order valence-corrected chi connectivity index (χ3v) is 3.05. The van der Waals surface area contributed by atoms with E-state index in [2.05, 4.69) is 4.98 Å². The zero-order valence-corrected chi connectivity index (χ0v) is 11.2. The summed E-state index contributed by atoms with van der Waals surface area (Å²) in [5.74, 6) is 0. The van der Waals surface area contributed by atoms with Crippen molar-refractivity contribution in [3.63, 3.8) is 0 Å². The van der Waals surface area contributed by atoms with E-state index < -0.39 is 18.6 Å². The minimum Gasteiger partial charge on any atom is -0.358 e. The fourth-order valence-corrected chi connectivity index (χ4v) is 2.24. The average molecular weight is 293 g/mol. The molecule has 1 atom stereocenters. The van der Waals surface area contributed by atoms with Gasteiger partial charge in [0.1, 0.15) is 0 Å². The maximum atomic E-state index is 12.2. The molecule has 0 aliphatic carbocycles. The quantitative estimate of drug-likeness (QED) is 0.873. The predicted molar refractivity (Wildman–Crippen MR) is 72.5 cm³/mol. The van der Waals surface area contributed by atoms with Crippen LogP contribution in [0.4, 0.5) is 13.2 Å². The van der Waals surface area contributed by atoms with Crippen LogP contribution in [-0.4, -0.2) is 11.2 Å².